The summed E-state index contributed by atoms with van der Waals surface area (Å²) in [4.78, 5) is 27.6. The second kappa shape index (κ2) is 8.97. The van der Waals surface area contributed by atoms with E-state index in [1.165, 1.54) is 4.90 Å². The molecule has 5 nitrogen and oxygen atoms in total. The summed E-state index contributed by atoms with van der Waals surface area (Å²) in [6, 6.07) is 13.2. The number of rotatable bonds is 5. The Bertz CT molecular complexity index is 907. The van der Waals surface area contributed by atoms with Crippen molar-refractivity contribution in [3.63, 3.8) is 0 Å². The number of likely N-dealkylation sites (N-methyl/N-ethyl adjacent to an activating group) is 1. The molecule has 1 N–H and O–H groups in total. The minimum atomic E-state index is -0.725. The number of benzene rings is 2. The van der Waals surface area contributed by atoms with Gasteiger partial charge in [-0.05, 0) is 61.6 Å². The van der Waals surface area contributed by atoms with Crippen molar-refractivity contribution < 1.29 is 14.3 Å². The summed E-state index contributed by atoms with van der Waals surface area (Å²) < 4.78 is 5.51. The van der Waals surface area contributed by atoms with E-state index in [1.807, 2.05) is 50.2 Å². The molecule has 0 unspecified atom stereocenters. The van der Waals surface area contributed by atoms with Crippen LogP contribution in [-0.2, 0) is 19.7 Å². The van der Waals surface area contributed by atoms with Crippen molar-refractivity contribution in [2.24, 2.45) is 0 Å². The Kier molecular flexibility index (Phi) is 6.60. The highest BCUT2D eigenvalue weighted by molar-refractivity contribution is 6.30. The standard InChI is InChI=1S/C23H27ClN2O3/c1-16-6-4-9-20(17(16)2)25-21(27)15-26(3)22(28)23(10-12-29-13-11-23)18-7-5-8-19(24)14-18/h4-9,14H,10-13,15H2,1-3H3,(H,25,27). The van der Waals surface area contributed by atoms with E-state index in [4.69, 9.17) is 16.3 Å². The minimum Gasteiger partial charge on any atom is -0.381 e. The number of hydrogen-bond donors (Lipinski definition) is 1. The van der Waals surface area contributed by atoms with Gasteiger partial charge in [-0.2, -0.15) is 0 Å². The second-order valence-corrected chi connectivity index (χ2v) is 8.10. The van der Waals surface area contributed by atoms with Gasteiger partial charge < -0.3 is 15.0 Å². The maximum absolute atomic E-state index is 13.5. The summed E-state index contributed by atoms with van der Waals surface area (Å²) in [5, 5.41) is 3.52. The molecule has 154 valence electrons. The summed E-state index contributed by atoms with van der Waals surface area (Å²) in [6.07, 6.45) is 1.13. The fraction of sp³-hybridized carbons (Fsp3) is 0.391. The van der Waals surface area contributed by atoms with E-state index < -0.39 is 5.41 Å². The van der Waals surface area contributed by atoms with Gasteiger partial charge in [0.15, 0.2) is 0 Å². The number of aryl methyl sites for hydroxylation is 1. The van der Waals surface area contributed by atoms with Gasteiger partial charge in [-0.1, -0.05) is 35.9 Å². The first-order chi connectivity index (χ1) is 13.8. The minimum absolute atomic E-state index is 0.0185. The number of carbonyl (C=O) groups excluding carboxylic acids is 2. The van der Waals surface area contributed by atoms with Crippen LogP contribution in [0.3, 0.4) is 0 Å². The largest absolute Gasteiger partial charge is 0.381 e. The van der Waals surface area contributed by atoms with Crippen molar-refractivity contribution in [1.29, 1.82) is 0 Å². The van der Waals surface area contributed by atoms with Gasteiger partial charge >= 0.3 is 0 Å². The Morgan fingerprint density at radius 3 is 2.52 bits per heavy atom. The Morgan fingerprint density at radius 1 is 1.14 bits per heavy atom. The zero-order valence-corrected chi connectivity index (χ0v) is 17.9. The van der Waals surface area contributed by atoms with Crippen LogP contribution in [0.4, 0.5) is 5.69 Å². The van der Waals surface area contributed by atoms with E-state index >= 15 is 0 Å². The number of ether oxygens (including phenoxy) is 1. The molecule has 3 rings (SSSR count). The van der Waals surface area contributed by atoms with Gasteiger partial charge in [0.2, 0.25) is 11.8 Å². The highest BCUT2D eigenvalue weighted by atomic mass is 35.5. The third-order valence-corrected chi connectivity index (χ3v) is 5.97. The van der Waals surface area contributed by atoms with Crippen LogP contribution in [0.5, 0.6) is 0 Å². The van der Waals surface area contributed by atoms with E-state index in [-0.39, 0.29) is 18.4 Å². The van der Waals surface area contributed by atoms with Crippen LogP contribution in [0.25, 0.3) is 0 Å². The number of halogens is 1. The molecule has 0 spiro atoms. The molecule has 0 aromatic heterocycles. The fourth-order valence-electron chi connectivity index (χ4n) is 3.86. The maximum Gasteiger partial charge on any atom is 0.243 e. The van der Waals surface area contributed by atoms with Gasteiger partial charge in [-0.15, -0.1) is 0 Å². The summed E-state index contributed by atoms with van der Waals surface area (Å²) in [6.45, 7) is 4.95. The number of carbonyl (C=O) groups is 2. The SMILES string of the molecule is Cc1cccc(NC(=O)CN(C)C(=O)C2(c3cccc(Cl)c3)CCOCC2)c1C. The van der Waals surface area contributed by atoms with Crippen molar-refractivity contribution in [2.75, 3.05) is 32.1 Å². The Balaban J connectivity index is 1.77. The lowest BCUT2D eigenvalue weighted by molar-refractivity contribution is -0.142. The summed E-state index contributed by atoms with van der Waals surface area (Å²) in [5.74, 6) is -0.304. The zero-order chi connectivity index (χ0) is 21.0. The summed E-state index contributed by atoms with van der Waals surface area (Å²) >= 11 is 6.19. The number of nitrogens with zero attached hydrogens (tertiary/aromatic N) is 1. The molecule has 0 aliphatic carbocycles. The van der Waals surface area contributed by atoms with Gasteiger partial charge in [0.25, 0.3) is 0 Å². The van der Waals surface area contributed by atoms with E-state index in [0.29, 0.717) is 31.1 Å². The van der Waals surface area contributed by atoms with E-state index in [9.17, 15) is 9.59 Å². The predicted octanol–water partition coefficient (Wildman–Crippen LogP) is 4.10. The lowest BCUT2D eigenvalue weighted by Gasteiger charge is -2.39. The average molecular weight is 415 g/mol. The van der Waals surface area contributed by atoms with E-state index in [0.717, 1.165) is 22.4 Å². The summed E-state index contributed by atoms with van der Waals surface area (Å²) in [7, 11) is 1.67. The molecule has 1 aliphatic heterocycles. The van der Waals surface area contributed by atoms with Crippen molar-refractivity contribution >= 4 is 29.1 Å². The zero-order valence-electron chi connectivity index (χ0n) is 17.1. The molecule has 1 saturated heterocycles. The van der Waals surface area contributed by atoms with Crippen molar-refractivity contribution in [3.8, 4) is 0 Å². The van der Waals surface area contributed by atoms with Gasteiger partial charge in [0, 0.05) is 31.0 Å². The molecule has 29 heavy (non-hydrogen) atoms. The molecular weight excluding hydrogens is 388 g/mol. The summed E-state index contributed by atoms with van der Waals surface area (Å²) in [5.41, 5.74) is 3.05. The van der Waals surface area contributed by atoms with Crippen LogP contribution < -0.4 is 5.32 Å². The maximum atomic E-state index is 13.5. The number of nitrogens with one attached hydrogen (secondary N) is 1. The third-order valence-electron chi connectivity index (χ3n) is 5.74. The molecule has 2 aromatic rings. The molecule has 2 aromatic carbocycles. The van der Waals surface area contributed by atoms with Crippen LogP contribution in [0.15, 0.2) is 42.5 Å². The van der Waals surface area contributed by atoms with Crippen LogP contribution in [0.2, 0.25) is 5.02 Å². The average Bonchev–Trinajstić information content (AvgIpc) is 2.71. The van der Waals surface area contributed by atoms with Gasteiger partial charge in [-0.25, -0.2) is 0 Å². The van der Waals surface area contributed by atoms with Crippen LogP contribution in [0.1, 0.15) is 29.5 Å². The van der Waals surface area contributed by atoms with Crippen LogP contribution >= 0.6 is 11.6 Å². The molecule has 1 heterocycles. The Morgan fingerprint density at radius 2 is 1.83 bits per heavy atom. The van der Waals surface area contributed by atoms with Crippen molar-refractivity contribution in [1.82, 2.24) is 4.90 Å². The highest BCUT2D eigenvalue weighted by Gasteiger charge is 2.43. The molecule has 2 amide bonds. The first kappa shape index (κ1) is 21.3. The van der Waals surface area contributed by atoms with Crippen molar-refractivity contribution in [3.05, 3.63) is 64.2 Å². The lowest BCUT2D eigenvalue weighted by atomic mass is 9.73. The monoisotopic (exact) mass is 414 g/mol. The van der Waals surface area contributed by atoms with Gasteiger partial charge in [0.1, 0.15) is 0 Å². The van der Waals surface area contributed by atoms with E-state index in [1.54, 1.807) is 13.1 Å². The van der Waals surface area contributed by atoms with Crippen LogP contribution in [0, 0.1) is 13.8 Å². The molecule has 1 aliphatic rings. The number of hydrogen-bond acceptors (Lipinski definition) is 3. The van der Waals surface area contributed by atoms with Gasteiger partial charge in [0.05, 0.1) is 12.0 Å². The first-order valence-electron chi connectivity index (χ1n) is 9.79. The molecule has 1 fully saturated rings. The molecular formula is C23H27ClN2O3. The fourth-order valence-corrected chi connectivity index (χ4v) is 4.05. The molecule has 0 radical (unpaired) electrons. The number of anilines is 1. The third kappa shape index (κ3) is 4.62. The van der Waals surface area contributed by atoms with Crippen molar-refractivity contribution in [2.45, 2.75) is 32.1 Å². The lowest BCUT2D eigenvalue weighted by Crippen LogP contribution is -2.50. The molecule has 6 heteroatoms. The normalized spacial score (nSPS) is 15.6. The predicted molar refractivity (Wildman–Crippen MR) is 115 cm³/mol. The smallest absolute Gasteiger partial charge is 0.243 e. The van der Waals surface area contributed by atoms with Gasteiger partial charge in [-0.3, -0.25) is 9.59 Å². The quantitative estimate of drug-likeness (QED) is 0.801. The number of amides is 2. The molecule has 0 atom stereocenters. The topological polar surface area (TPSA) is 58.6 Å². The first-order valence-corrected chi connectivity index (χ1v) is 10.2. The molecule has 0 saturated carbocycles. The Labute approximate surface area is 177 Å². The second-order valence-electron chi connectivity index (χ2n) is 7.66. The molecule has 0 bridgehead atoms. The van der Waals surface area contributed by atoms with E-state index in [2.05, 4.69) is 5.32 Å². The Hall–Kier alpha value is -2.37. The highest BCUT2D eigenvalue weighted by Crippen LogP contribution is 2.37. The van der Waals surface area contributed by atoms with Crippen LogP contribution in [-0.4, -0.2) is 43.5 Å².